The van der Waals surface area contributed by atoms with Crippen LogP contribution in [0.4, 0.5) is 9.59 Å². The van der Waals surface area contributed by atoms with Crippen molar-refractivity contribution in [2.45, 2.75) is 22.1 Å². The number of nitrogens with one attached hydrogen (secondary N) is 3. The molecule has 3 aromatic rings. The minimum Gasteiger partial charge on any atom is -0.477 e. The summed E-state index contributed by atoms with van der Waals surface area (Å²) < 4.78 is 25.5. The van der Waals surface area contributed by atoms with E-state index in [4.69, 9.17) is 0 Å². The summed E-state index contributed by atoms with van der Waals surface area (Å²) in [5, 5.41) is 41.0. The van der Waals surface area contributed by atoms with Gasteiger partial charge in [-0.15, -0.1) is 49.7 Å². The van der Waals surface area contributed by atoms with Crippen LogP contribution in [-0.4, -0.2) is 135 Å². The van der Waals surface area contributed by atoms with Gasteiger partial charge in [0.2, 0.25) is 15.7 Å². The zero-order chi connectivity index (χ0) is 33.7. The number of amides is 6. The lowest BCUT2D eigenvalue weighted by Gasteiger charge is -2.56. The van der Waals surface area contributed by atoms with Gasteiger partial charge in [0.05, 0.1) is 30.5 Å². The van der Waals surface area contributed by atoms with E-state index in [0.29, 0.717) is 25.5 Å². The average Bonchev–Trinajstić information content (AvgIpc) is 3.81. The summed E-state index contributed by atoms with van der Waals surface area (Å²) in [6.07, 6.45) is 0.808. The second kappa shape index (κ2) is 12.3. The van der Waals surface area contributed by atoms with E-state index >= 15 is 0 Å². The number of urea groups is 2. The molecular weight excluding hydrogens is 705 g/mol. The van der Waals surface area contributed by atoms with Gasteiger partial charge in [0.25, 0.3) is 11.8 Å². The third-order valence-corrected chi connectivity index (χ3v) is 11.3. The lowest BCUT2D eigenvalue weighted by molar-refractivity contribution is -0.171. The predicted octanol–water partition coefficient (Wildman–Crippen LogP) is -1.74. The molecular formula is C22H22N12O9S4. The van der Waals surface area contributed by atoms with Crippen molar-refractivity contribution in [2.75, 3.05) is 30.9 Å². The molecule has 0 spiro atoms. The largest absolute Gasteiger partial charge is 0.477 e. The summed E-state index contributed by atoms with van der Waals surface area (Å²) in [6.45, 7) is -0.574. The van der Waals surface area contributed by atoms with Crippen LogP contribution in [0.3, 0.4) is 0 Å². The van der Waals surface area contributed by atoms with Gasteiger partial charge in [0.1, 0.15) is 16.1 Å². The maximum absolute atomic E-state index is 13.6. The van der Waals surface area contributed by atoms with Gasteiger partial charge in [-0.2, -0.15) is 5.48 Å². The van der Waals surface area contributed by atoms with Crippen LogP contribution in [0.2, 0.25) is 0 Å². The molecule has 2 fully saturated rings. The van der Waals surface area contributed by atoms with Crippen LogP contribution in [0.1, 0.15) is 11.7 Å². The van der Waals surface area contributed by atoms with E-state index in [9.17, 15) is 42.7 Å². The topological polar surface area (TPSA) is 275 Å². The van der Waals surface area contributed by atoms with Gasteiger partial charge in [0, 0.05) is 16.9 Å². The van der Waals surface area contributed by atoms with Crippen LogP contribution in [0.5, 0.6) is 0 Å². The van der Waals surface area contributed by atoms with Gasteiger partial charge in [-0.3, -0.25) is 14.5 Å². The third-order valence-electron chi connectivity index (χ3n) is 7.18. The fourth-order valence-electron chi connectivity index (χ4n) is 4.97. The Kier molecular flexibility index (Phi) is 8.51. The van der Waals surface area contributed by atoms with Crippen molar-refractivity contribution < 1.29 is 42.7 Å². The van der Waals surface area contributed by atoms with E-state index in [2.05, 4.69) is 36.2 Å². The van der Waals surface area contributed by atoms with Gasteiger partial charge in [0.15, 0.2) is 11.7 Å². The minimum absolute atomic E-state index is 0.0133. The molecule has 3 aliphatic heterocycles. The lowest BCUT2D eigenvalue weighted by atomic mass is 9.95. The number of aromatic nitrogens is 6. The second-order valence-electron chi connectivity index (χ2n) is 10.1. The normalized spacial score (nSPS) is 21.9. The number of tetrazole rings is 1. The summed E-state index contributed by atoms with van der Waals surface area (Å²) >= 11 is 3.33. The predicted molar refractivity (Wildman–Crippen MR) is 160 cm³/mol. The first-order valence-electron chi connectivity index (χ1n) is 13.2. The van der Waals surface area contributed by atoms with Crippen molar-refractivity contribution in [1.29, 1.82) is 0 Å². The van der Waals surface area contributed by atoms with Crippen LogP contribution in [-0.2, 0) is 24.4 Å². The van der Waals surface area contributed by atoms with E-state index in [0.717, 1.165) is 34.3 Å². The standard InChI is InChI=1S/C22H22N12O9S4/c1-47(42,43)32-5-4-31(21(32)40)20(39)24-14(11-8-44-9-23-11)16(35)25-22(28-41)18(38)33-15(17(36)37)10(7-46-19(22)33)6-45-13-3-2-12-26-29-30-34(12)27-13/h2-3,8-9,14,19,28,41H,4-7H2,1H3,(H,24,39)(H,25,35)(H,36,37)/t14?,19-,22-/m0/s1. The lowest BCUT2D eigenvalue weighted by Crippen LogP contribution is -2.85. The number of sulfonamides is 1. The number of aliphatic carboxylic acids is 1. The van der Waals surface area contributed by atoms with Gasteiger partial charge in [-0.1, -0.05) is 0 Å². The Labute approximate surface area is 275 Å². The first kappa shape index (κ1) is 32.5. The van der Waals surface area contributed by atoms with Crippen LogP contribution >= 0.6 is 34.9 Å². The Bertz CT molecular complexity index is 1940. The highest BCUT2D eigenvalue weighted by Crippen LogP contribution is 2.46. The summed E-state index contributed by atoms with van der Waals surface area (Å²) in [6, 6.07) is -0.555. The number of hydrogen-bond acceptors (Lipinski definition) is 17. The molecule has 248 valence electrons. The number of carbonyl (C=O) groups is 5. The van der Waals surface area contributed by atoms with Crippen molar-refractivity contribution in [2.24, 2.45) is 0 Å². The molecule has 5 N–H and O–H groups in total. The van der Waals surface area contributed by atoms with E-state index in [1.165, 1.54) is 27.3 Å². The van der Waals surface area contributed by atoms with Crippen LogP contribution in [0.25, 0.3) is 5.65 Å². The number of carbonyl (C=O) groups excluding carboxylic acids is 4. The Morgan fingerprint density at radius 3 is 2.68 bits per heavy atom. The highest BCUT2D eigenvalue weighted by Gasteiger charge is 2.66. The monoisotopic (exact) mass is 726 g/mol. The maximum Gasteiger partial charge on any atom is 0.352 e. The van der Waals surface area contributed by atoms with Crippen LogP contribution < -0.4 is 16.1 Å². The Balaban J connectivity index is 1.20. The molecule has 1 unspecified atom stereocenters. The van der Waals surface area contributed by atoms with Crippen LogP contribution in [0, 0.1) is 0 Å². The van der Waals surface area contributed by atoms with E-state index < -0.39 is 56.9 Å². The number of rotatable bonds is 10. The highest BCUT2D eigenvalue weighted by molar-refractivity contribution is 8.01. The first-order chi connectivity index (χ1) is 22.4. The third kappa shape index (κ3) is 5.73. The van der Waals surface area contributed by atoms with Gasteiger partial charge >= 0.3 is 18.0 Å². The summed E-state index contributed by atoms with van der Waals surface area (Å²) in [5.74, 6) is -3.23. The van der Waals surface area contributed by atoms with Crippen molar-refractivity contribution in [3.05, 3.63) is 40.0 Å². The quantitative estimate of drug-likeness (QED) is 0.0671. The van der Waals surface area contributed by atoms with Crippen molar-refractivity contribution >= 4 is 80.4 Å². The second-order valence-corrected chi connectivity index (χ2v) is 14.7. The number of nitrogens with zero attached hydrogens (tertiary/aromatic N) is 9. The van der Waals surface area contributed by atoms with Crippen molar-refractivity contribution in [1.82, 2.24) is 60.5 Å². The molecule has 3 aromatic heterocycles. The molecule has 47 heavy (non-hydrogen) atoms. The molecule has 0 saturated carbocycles. The van der Waals surface area contributed by atoms with Gasteiger partial charge in [-0.05, 0) is 28.1 Å². The van der Waals surface area contributed by atoms with Crippen molar-refractivity contribution in [3.63, 3.8) is 0 Å². The molecule has 6 amide bonds. The number of β-lactam (4-membered cyclic amide) rings is 1. The molecule has 2 saturated heterocycles. The molecule has 3 aliphatic rings. The molecule has 0 aromatic carbocycles. The SMILES string of the molecule is CS(=O)(=O)N1CCN(C(=O)NC(C(=O)N[C@]2(NO)C(=O)N3C(C(=O)O)=C(CSc4ccc5nnnn5n4)CS[C@H]32)c2cscn2)C1=O. The molecule has 6 heterocycles. The first-order valence-corrected chi connectivity index (χ1v) is 18.0. The smallest absolute Gasteiger partial charge is 0.352 e. The number of carboxylic acid groups (broad SMARTS) is 1. The summed E-state index contributed by atoms with van der Waals surface area (Å²) in [5.41, 5.74) is 1.44. The molecule has 0 bridgehead atoms. The van der Waals surface area contributed by atoms with Crippen molar-refractivity contribution in [3.8, 4) is 0 Å². The van der Waals surface area contributed by atoms with Gasteiger partial charge < -0.3 is 20.9 Å². The number of carboxylic acids is 1. The average molecular weight is 727 g/mol. The molecule has 6 rings (SSSR count). The fourth-order valence-corrected chi connectivity index (χ4v) is 8.74. The Morgan fingerprint density at radius 1 is 1.23 bits per heavy atom. The minimum atomic E-state index is -3.95. The molecule has 3 atom stereocenters. The molecule has 25 heteroatoms. The zero-order valence-corrected chi connectivity index (χ0v) is 27.0. The molecule has 0 aliphatic carbocycles. The van der Waals surface area contributed by atoms with E-state index in [1.807, 2.05) is 5.48 Å². The van der Waals surface area contributed by atoms with Crippen LogP contribution in [0.15, 0.2) is 39.3 Å². The summed E-state index contributed by atoms with van der Waals surface area (Å²) in [7, 11) is -3.95. The number of imide groups is 1. The Hall–Kier alpha value is -4.43. The maximum atomic E-state index is 13.6. The van der Waals surface area contributed by atoms with E-state index in [-0.39, 0.29) is 36.0 Å². The number of thioether (sulfide) groups is 2. The molecule has 21 nitrogen and oxygen atoms in total. The zero-order valence-electron chi connectivity index (χ0n) is 23.7. The fraction of sp³-hybridized carbons (Fsp3) is 0.364. The highest BCUT2D eigenvalue weighted by atomic mass is 32.2. The Morgan fingerprint density at radius 2 is 2.02 bits per heavy atom. The number of thiazole rings is 1. The molecule has 0 radical (unpaired) electrons. The van der Waals surface area contributed by atoms with Gasteiger partial charge in [-0.25, -0.2) is 37.0 Å². The number of hydrogen-bond donors (Lipinski definition) is 5. The van der Waals surface area contributed by atoms with E-state index in [1.54, 1.807) is 12.1 Å². The number of hydroxylamine groups is 1. The number of fused-ring (bicyclic) bond motifs is 2. The summed E-state index contributed by atoms with van der Waals surface area (Å²) in [4.78, 5) is 70.8.